The Kier molecular flexibility index (Phi) is 7.17. The zero-order valence-electron chi connectivity index (χ0n) is 19.9. The summed E-state index contributed by atoms with van der Waals surface area (Å²) in [6.45, 7) is 8.57. The Morgan fingerprint density at radius 3 is 2.39 bits per heavy atom. The Labute approximate surface area is 196 Å². The molecule has 1 fully saturated rings. The van der Waals surface area contributed by atoms with Gasteiger partial charge in [-0.3, -0.25) is 9.59 Å². The van der Waals surface area contributed by atoms with Gasteiger partial charge in [-0.15, -0.1) is 0 Å². The van der Waals surface area contributed by atoms with Crippen molar-refractivity contribution >= 4 is 22.8 Å². The molecule has 1 saturated heterocycles. The lowest BCUT2D eigenvalue weighted by Crippen LogP contribution is -2.41. The van der Waals surface area contributed by atoms with Crippen LogP contribution >= 0.6 is 0 Å². The maximum absolute atomic E-state index is 13.4. The second kappa shape index (κ2) is 10.2. The third-order valence-corrected chi connectivity index (χ3v) is 6.86. The molecule has 1 amide bonds. The minimum Gasteiger partial charge on any atom is -0.466 e. The van der Waals surface area contributed by atoms with Crippen molar-refractivity contribution in [2.45, 2.75) is 52.5 Å². The van der Waals surface area contributed by atoms with Gasteiger partial charge in [0.2, 0.25) is 5.91 Å². The number of hydrogen-bond donors (Lipinski definition) is 0. The first-order valence-electron chi connectivity index (χ1n) is 12.1. The lowest BCUT2D eigenvalue weighted by molar-refractivity contribution is -0.151. The number of esters is 1. The molecule has 2 aromatic carbocycles. The molecule has 0 aliphatic carbocycles. The quantitative estimate of drug-likeness (QED) is 0.463. The fraction of sp³-hybridized carbons (Fsp3) is 0.429. The van der Waals surface area contributed by atoms with E-state index in [1.807, 2.05) is 11.8 Å². The van der Waals surface area contributed by atoms with Gasteiger partial charge in [0, 0.05) is 49.1 Å². The van der Waals surface area contributed by atoms with Gasteiger partial charge in [0.15, 0.2) is 0 Å². The summed E-state index contributed by atoms with van der Waals surface area (Å²) in [5.74, 6) is -0.0891. The first-order chi connectivity index (χ1) is 16.0. The molecule has 1 unspecified atom stereocenters. The highest BCUT2D eigenvalue weighted by Crippen LogP contribution is 2.36. The van der Waals surface area contributed by atoms with E-state index >= 15 is 0 Å². The Morgan fingerprint density at radius 2 is 1.73 bits per heavy atom. The number of aryl methyl sites for hydroxylation is 2. The molecule has 33 heavy (non-hydrogen) atoms. The van der Waals surface area contributed by atoms with E-state index in [1.54, 1.807) is 0 Å². The molecule has 0 spiro atoms. The number of para-hydroxylation sites is 1. The number of aromatic nitrogens is 1. The van der Waals surface area contributed by atoms with Gasteiger partial charge in [-0.1, -0.05) is 48.0 Å². The molecule has 3 aromatic rings. The lowest BCUT2D eigenvalue weighted by Gasteiger charge is -2.32. The highest BCUT2D eigenvalue weighted by atomic mass is 16.5. The number of fused-ring (bicyclic) bond motifs is 1. The molecule has 4 rings (SSSR count). The predicted octanol–water partition coefficient (Wildman–Crippen LogP) is 5.29. The van der Waals surface area contributed by atoms with Crippen molar-refractivity contribution in [3.8, 4) is 0 Å². The van der Waals surface area contributed by atoms with E-state index in [0.29, 0.717) is 39.0 Å². The zero-order valence-corrected chi connectivity index (χ0v) is 19.9. The largest absolute Gasteiger partial charge is 0.466 e. The number of benzene rings is 2. The van der Waals surface area contributed by atoms with Crippen molar-refractivity contribution in [2.75, 3.05) is 19.7 Å². The normalized spacial score (nSPS) is 15.5. The highest BCUT2D eigenvalue weighted by Gasteiger charge is 2.30. The van der Waals surface area contributed by atoms with Gasteiger partial charge in [0.25, 0.3) is 0 Å². The second-order valence-electron chi connectivity index (χ2n) is 8.96. The van der Waals surface area contributed by atoms with E-state index in [2.05, 4.69) is 73.1 Å². The van der Waals surface area contributed by atoms with E-state index in [1.165, 1.54) is 22.0 Å². The van der Waals surface area contributed by atoms with E-state index in [4.69, 9.17) is 4.74 Å². The smallest absolute Gasteiger partial charge is 0.309 e. The number of likely N-dealkylation sites (tertiary alicyclic amines) is 1. The SMILES string of the molecule is CCOC(=O)C1CCN(C(=O)CC(c2ccc(C)cc2)c2cn(CC)c3ccccc23)CC1. The Bertz CT molecular complexity index is 1110. The van der Waals surface area contributed by atoms with Crippen molar-refractivity contribution in [3.63, 3.8) is 0 Å². The molecule has 1 aliphatic heterocycles. The number of amides is 1. The zero-order chi connectivity index (χ0) is 23.4. The molecule has 174 valence electrons. The summed E-state index contributed by atoms with van der Waals surface area (Å²) in [4.78, 5) is 27.4. The van der Waals surface area contributed by atoms with Crippen molar-refractivity contribution in [2.24, 2.45) is 5.92 Å². The van der Waals surface area contributed by atoms with E-state index < -0.39 is 0 Å². The van der Waals surface area contributed by atoms with Gasteiger partial charge in [0.05, 0.1) is 12.5 Å². The van der Waals surface area contributed by atoms with Crippen LogP contribution in [0.5, 0.6) is 0 Å². The molecule has 2 heterocycles. The summed E-state index contributed by atoms with van der Waals surface area (Å²) in [6.07, 6.45) is 3.99. The van der Waals surface area contributed by atoms with E-state index in [-0.39, 0.29) is 23.7 Å². The topological polar surface area (TPSA) is 51.5 Å². The number of piperidine rings is 1. The average molecular weight is 447 g/mol. The van der Waals surface area contributed by atoms with Crippen molar-refractivity contribution in [1.82, 2.24) is 9.47 Å². The van der Waals surface area contributed by atoms with Crippen LogP contribution in [0.15, 0.2) is 54.7 Å². The molecule has 1 aliphatic rings. The van der Waals surface area contributed by atoms with Crippen LogP contribution in [-0.2, 0) is 20.9 Å². The molecule has 0 saturated carbocycles. The highest BCUT2D eigenvalue weighted by molar-refractivity contribution is 5.87. The third kappa shape index (κ3) is 4.97. The Balaban J connectivity index is 1.59. The van der Waals surface area contributed by atoms with Crippen LogP contribution in [0.25, 0.3) is 10.9 Å². The third-order valence-electron chi connectivity index (χ3n) is 6.86. The van der Waals surface area contributed by atoms with Gasteiger partial charge in [-0.05, 0) is 50.8 Å². The van der Waals surface area contributed by atoms with Crippen LogP contribution < -0.4 is 0 Å². The maximum atomic E-state index is 13.4. The lowest BCUT2D eigenvalue weighted by atomic mass is 9.87. The number of carbonyl (C=O) groups excluding carboxylic acids is 2. The van der Waals surface area contributed by atoms with E-state index in [9.17, 15) is 9.59 Å². The first kappa shape index (κ1) is 23.1. The van der Waals surface area contributed by atoms with Crippen LogP contribution in [0.2, 0.25) is 0 Å². The summed E-state index contributed by atoms with van der Waals surface area (Å²) in [7, 11) is 0. The molecule has 5 heteroatoms. The number of nitrogens with zero attached hydrogens (tertiary/aromatic N) is 2. The summed E-state index contributed by atoms with van der Waals surface area (Å²) in [6, 6.07) is 17.0. The average Bonchev–Trinajstić information content (AvgIpc) is 3.22. The minimum atomic E-state index is -0.130. The maximum Gasteiger partial charge on any atom is 0.309 e. The second-order valence-corrected chi connectivity index (χ2v) is 8.96. The van der Waals surface area contributed by atoms with Gasteiger partial charge in [0.1, 0.15) is 0 Å². The van der Waals surface area contributed by atoms with Crippen LogP contribution in [-0.4, -0.2) is 41.0 Å². The number of carbonyl (C=O) groups is 2. The Morgan fingerprint density at radius 1 is 1.03 bits per heavy atom. The Hall–Kier alpha value is -3.08. The van der Waals surface area contributed by atoms with Gasteiger partial charge in [-0.25, -0.2) is 0 Å². The monoisotopic (exact) mass is 446 g/mol. The molecule has 1 aromatic heterocycles. The molecule has 0 bridgehead atoms. The van der Waals surface area contributed by atoms with Crippen molar-refractivity contribution in [1.29, 1.82) is 0 Å². The molecule has 0 radical (unpaired) electrons. The van der Waals surface area contributed by atoms with Crippen LogP contribution in [0, 0.1) is 12.8 Å². The number of ether oxygens (including phenoxy) is 1. The molecular weight excluding hydrogens is 412 g/mol. The van der Waals surface area contributed by atoms with Crippen molar-refractivity contribution in [3.05, 3.63) is 71.4 Å². The fourth-order valence-electron chi connectivity index (χ4n) is 4.95. The van der Waals surface area contributed by atoms with Crippen molar-refractivity contribution < 1.29 is 14.3 Å². The van der Waals surface area contributed by atoms with Gasteiger partial charge in [-0.2, -0.15) is 0 Å². The van der Waals surface area contributed by atoms with Gasteiger partial charge < -0.3 is 14.2 Å². The summed E-state index contributed by atoms with van der Waals surface area (Å²) in [5, 5.41) is 1.21. The van der Waals surface area contributed by atoms with Crippen LogP contribution in [0.3, 0.4) is 0 Å². The summed E-state index contributed by atoms with van der Waals surface area (Å²) >= 11 is 0. The number of hydrogen-bond acceptors (Lipinski definition) is 3. The summed E-state index contributed by atoms with van der Waals surface area (Å²) in [5.41, 5.74) is 4.77. The van der Waals surface area contributed by atoms with E-state index in [0.717, 1.165) is 12.1 Å². The standard InChI is InChI=1S/C28H34N2O3/c1-4-29-19-25(23-8-6-7-9-26(23)29)24(21-12-10-20(3)11-13-21)18-27(31)30-16-14-22(15-17-30)28(32)33-5-2/h6-13,19,22,24H,4-5,14-18H2,1-3H3. The summed E-state index contributed by atoms with van der Waals surface area (Å²) < 4.78 is 7.44. The number of rotatable bonds is 7. The fourth-order valence-corrected chi connectivity index (χ4v) is 4.95. The first-order valence-corrected chi connectivity index (χ1v) is 12.1. The van der Waals surface area contributed by atoms with Crippen LogP contribution in [0.4, 0.5) is 0 Å². The van der Waals surface area contributed by atoms with Crippen LogP contribution in [0.1, 0.15) is 55.7 Å². The molecule has 5 nitrogen and oxygen atoms in total. The molecular formula is C28H34N2O3. The van der Waals surface area contributed by atoms with Gasteiger partial charge >= 0.3 is 5.97 Å². The predicted molar refractivity (Wildman–Crippen MR) is 131 cm³/mol. The molecule has 0 N–H and O–H groups in total. The minimum absolute atomic E-state index is 0.0152. The molecule has 1 atom stereocenters.